The second-order valence-electron chi connectivity index (χ2n) is 4.78. The number of thiophene rings is 1. The minimum Gasteiger partial charge on any atom is -0.463 e. The summed E-state index contributed by atoms with van der Waals surface area (Å²) >= 11 is 2.74. The van der Waals surface area contributed by atoms with Gasteiger partial charge in [-0.1, -0.05) is 17.8 Å². The molecular weight excluding hydrogens is 348 g/mol. The van der Waals surface area contributed by atoms with Crippen molar-refractivity contribution in [3.05, 3.63) is 58.1 Å². The lowest BCUT2D eigenvalue weighted by Crippen LogP contribution is -2.21. The summed E-state index contributed by atoms with van der Waals surface area (Å²) in [6, 6.07) is 5.10. The fourth-order valence-electron chi connectivity index (χ4n) is 2.13. The number of allylic oxidation sites excluding steroid dienone is 1. The molecule has 0 saturated carbocycles. The predicted molar refractivity (Wildman–Crippen MR) is 93.7 cm³/mol. The van der Waals surface area contributed by atoms with Crippen LogP contribution >= 0.6 is 23.1 Å². The molecule has 0 amide bonds. The van der Waals surface area contributed by atoms with Crippen LogP contribution in [0.3, 0.4) is 0 Å². The standard InChI is InChI=1S/C16H14N2O4S2/c1-3-7-18-14(19)13-11(6-8-23-13)17-16(18)24-9-10-4-5-12(22-10)15(20)21-2/h3-6,8H,1,7,9H2,2H3. The summed E-state index contributed by atoms with van der Waals surface area (Å²) in [5.74, 6) is 0.673. The minimum absolute atomic E-state index is 0.0768. The number of rotatable bonds is 6. The molecule has 8 heteroatoms. The van der Waals surface area contributed by atoms with E-state index in [0.717, 1.165) is 0 Å². The highest BCUT2D eigenvalue weighted by molar-refractivity contribution is 7.98. The van der Waals surface area contributed by atoms with Crippen LogP contribution in [-0.4, -0.2) is 22.6 Å². The average Bonchev–Trinajstić information content (AvgIpc) is 3.24. The van der Waals surface area contributed by atoms with Crippen LogP contribution in [0.5, 0.6) is 0 Å². The molecule has 0 radical (unpaired) electrons. The quantitative estimate of drug-likeness (QED) is 0.290. The molecule has 3 rings (SSSR count). The molecule has 0 saturated heterocycles. The highest BCUT2D eigenvalue weighted by atomic mass is 32.2. The van der Waals surface area contributed by atoms with E-state index in [-0.39, 0.29) is 11.3 Å². The van der Waals surface area contributed by atoms with Gasteiger partial charge in [-0.3, -0.25) is 9.36 Å². The van der Waals surface area contributed by atoms with Crippen molar-refractivity contribution in [2.24, 2.45) is 0 Å². The zero-order valence-corrected chi connectivity index (χ0v) is 14.5. The van der Waals surface area contributed by atoms with E-state index >= 15 is 0 Å². The van der Waals surface area contributed by atoms with Gasteiger partial charge in [-0.25, -0.2) is 9.78 Å². The van der Waals surface area contributed by atoms with Crippen molar-refractivity contribution in [3.63, 3.8) is 0 Å². The molecule has 0 aliphatic rings. The van der Waals surface area contributed by atoms with Crippen molar-refractivity contribution in [1.29, 1.82) is 0 Å². The number of methoxy groups -OCH3 is 1. The molecule has 0 aromatic carbocycles. The summed E-state index contributed by atoms with van der Waals surface area (Å²) in [6.45, 7) is 4.08. The number of fused-ring (bicyclic) bond motifs is 1. The molecule has 0 aliphatic heterocycles. The molecule has 0 unspecified atom stereocenters. The molecule has 124 valence electrons. The first-order chi connectivity index (χ1) is 11.6. The SMILES string of the molecule is C=CCn1c(SCc2ccc(C(=O)OC)o2)nc2ccsc2c1=O. The minimum atomic E-state index is -0.521. The number of esters is 1. The summed E-state index contributed by atoms with van der Waals surface area (Å²) in [7, 11) is 1.30. The second-order valence-corrected chi connectivity index (χ2v) is 6.64. The van der Waals surface area contributed by atoms with E-state index in [1.54, 1.807) is 22.8 Å². The Morgan fingerprint density at radius 3 is 3.08 bits per heavy atom. The van der Waals surface area contributed by atoms with Crippen molar-refractivity contribution < 1.29 is 13.9 Å². The Kier molecular flexibility index (Phi) is 4.86. The van der Waals surface area contributed by atoms with Crippen LogP contribution < -0.4 is 5.56 Å². The second kappa shape index (κ2) is 7.06. The zero-order valence-electron chi connectivity index (χ0n) is 12.9. The van der Waals surface area contributed by atoms with Gasteiger partial charge in [0.25, 0.3) is 5.56 Å². The van der Waals surface area contributed by atoms with Crippen LogP contribution in [0.15, 0.2) is 50.6 Å². The lowest BCUT2D eigenvalue weighted by Gasteiger charge is -2.09. The maximum Gasteiger partial charge on any atom is 0.373 e. The highest BCUT2D eigenvalue weighted by Crippen LogP contribution is 2.25. The fraction of sp³-hybridized carbons (Fsp3) is 0.188. The van der Waals surface area contributed by atoms with Crippen molar-refractivity contribution in [2.75, 3.05) is 7.11 Å². The van der Waals surface area contributed by atoms with Crippen molar-refractivity contribution in [1.82, 2.24) is 9.55 Å². The highest BCUT2D eigenvalue weighted by Gasteiger charge is 2.14. The van der Waals surface area contributed by atoms with Crippen LogP contribution in [-0.2, 0) is 17.0 Å². The number of carbonyl (C=O) groups excluding carboxylic acids is 1. The van der Waals surface area contributed by atoms with E-state index < -0.39 is 5.97 Å². The van der Waals surface area contributed by atoms with Crippen LogP contribution in [0.2, 0.25) is 0 Å². The Morgan fingerprint density at radius 1 is 1.50 bits per heavy atom. The summed E-state index contributed by atoms with van der Waals surface area (Å²) < 4.78 is 12.3. The molecule has 0 atom stereocenters. The lowest BCUT2D eigenvalue weighted by molar-refractivity contribution is 0.0563. The van der Waals surface area contributed by atoms with Gasteiger partial charge in [0.15, 0.2) is 5.16 Å². The van der Waals surface area contributed by atoms with Gasteiger partial charge in [-0.15, -0.1) is 17.9 Å². The molecule has 0 aliphatic carbocycles. The number of furan rings is 1. The summed E-state index contributed by atoms with van der Waals surface area (Å²) in [4.78, 5) is 28.5. The van der Waals surface area contributed by atoms with Gasteiger partial charge in [0, 0.05) is 6.54 Å². The zero-order chi connectivity index (χ0) is 17.1. The van der Waals surface area contributed by atoms with E-state index in [9.17, 15) is 9.59 Å². The molecule has 0 spiro atoms. The Hall–Kier alpha value is -2.32. The van der Waals surface area contributed by atoms with E-state index in [2.05, 4.69) is 16.3 Å². The molecule has 3 heterocycles. The van der Waals surface area contributed by atoms with E-state index in [4.69, 9.17) is 4.42 Å². The van der Waals surface area contributed by atoms with Gasteiger partial charge in [0.05, 0.1) is 18.4 Å². The number of carbonyl (C=O) groups is 1. The topological polar surface area (TPSA) is 74.3 Å². The van der Waals surface area contributed by atoms with E-state index in [1.165, 1.54) is 30.2 Å². The molecule has 3 aromatic rings. The van der Waals surface area contributed by atoms with Gasteiger partial charge >= 0.3 is 5.97 Å². The third kappa shape index (κ3) is 3.15. The molecule has 3 aromatic heterocycles. The third-order valence-electron chi connectivity index (χ3n) is 3.23. The normalized spacial score (nSPS) is 10.9. The Labute approximate surface area is 145 Å². The van der Waals surface area contributed by atoms with Gasteiger partial charge in [0.1, 0.15) is 10.5 Å². The van der Waals surface area contributed by atoms with E-state index in [1.807, 2.05) is 11.4 Å². The van der Waals surface area contributed by atoms with Crippen LogP contribution in [0.1, 0.15) is 16.3 Å². The molecule has 24 heavy (non-hydrogen) atoms. The van der Waals surface area contributed by atoms with Gasteiger partial charge in [0.2, 0.25) is 5.76 Å². The number of ether oxygens (including phenoxy) is 1. The number of aromatic nitrogens is 2. The lowest BCUT2D eigenvalue weighted by atomic mass is 10.4. The smallest absolute Gasteiger partial charge is 0.373 e. The van der Waals surface area contributed by atoms with Crippen LogP contribution in [0.4, 0.5) is 0 Å². The van der Waals surface area contributed by atoms with Crippen molar-refractivity contribution in [2.45, 2.75) is 17.5 Å². The van der Waals surface area contributed by atoms with Gasteiger partial charge < -0.3 is 9.15 Å². The number of hydrogen-bond acceptors (Lipinski definition) is 7. The molecule has 0 fully saturated rings. The predicted octanol–water partition coefficient (Wildman–Crippen LogP) is 3.32. The molecule has 0 bridgehead atoms. The summed E-state index contributed by atoms with van der Waals surface area (Å²) in [5.41, 5.74) is 0.606. The number of hydrogen-bond donors (Lipinski definition) is 0. The maximum absolute atomic E-state index is 12.5. The third-order valence-corrected chi connectivity index (χ3v) is 5.12. The maximum atomic E-state index is 12.5. The Bertz CT molecular complexity index is 955. The first-order valence-electron chi connectivity index (χ1n) is 7.02. The first kappa shape index (κ1) is 16.5. The molecule has 6 nitrogen and oxygen atoms in total. The Morgan fingerprint density at radius 2 is 2.33 bits per heavy atom. The van der Waals surface area contributed by atoms with Crippen LogP contribution in [0, 0.1) is 0 Å². The fourth-order valence-corrected chi connectivity index (χ4v) is 3.81. The van der Waals surface area contributed by atoms with E-state index in [0.29, 0.717) is 33.4 Å². The molecular formula is C16H14N2O4S2. The van der Waals surface area contributed by atoms with Crippen molar-refractivity contribution >= 4 is 39.3 Å². The summed E-state index contributed by atoms with van der Waals surface area (Å²) in [6.07, 6.45) is 1.66. The largest absolute Gasteiger partial charge is 0.463 e. The number of thioether (sulfide) groups is 1. The van der Waals surface area contributed by atoms with Crippen LogP contribution in [0.25, 0.3) is 10.2 Å². The summed E-state index contributed by atoms with van der Waals surface area (Å²) in [5, 5.41) is 2.43. The van der Waals surface area contributed by atoms with Gasteiger partial charge in [-0.05, 0) is 23.6 Å². The monoisotopic (exact) mass is 362 g/mol. The van der Waals surface area contributed by atoms with Crippen molar-refractivity contribution in [3.8, 4) is 0 Å². The average molecular weight is 362 g/mol. The first-order valence-corrected chi connectivity index (χ1v) is 8.89. The molecule has 0 N–H and O–H groups in total. The number of nitrogens with zero attached hydrogens (tertiary/aromatic N) is 2. The Balaban J connectivity index is 1.87. The van der Waals surface area contributed by atoms with Gasteiger partial charge in [-0.2, -0.15) is 0 Å².